The summed E-state index contributed by atoms with van der Waals surface area (Å²) in [5, 5.41) is 5.50. The molecule has 3 nitrogen and oxygen atoms in total. The third-order valence-electron chi connectivity index (χ3n) is 2.96. The van der Waals surface area contributed by atoms with E-state index >= 15 is 0 Å². The van der Waals surface area contributed by atoms with Crippen molar-refractivity contribution in [1.82, 2.24) is 5.32 Å². The standard InChI is InChI=1S/C14H16ClNO2S2/c1-11(13-6-4-9-19-13)16-8-10-20(17,18)14-7-3-2-5-12(14)15/h2-7,9,11,16H,8,10H2,1H3. The molecule has 1 aromatic heterocycles. The van der Waals surface area contributed by atoms with Gasteiger partial charge in [-0.05, 0) is 30.5 Å². The molecule has 2 rings (SSSR count). The molecule has 0 aliphatic rings. The lowest BCUT2D eigenvalue weighted by Gasteiger charge is -2.12. The lowest BCUT2D eigenvalue weighted by Crippen LogP contribution is -2.25. The van der Waals surface area contributed by atoms with Crippen molar-refractivity contribution in [3.8, 4) is 0 Å². The van der Waals surface area contributed by atoms with Crippen LogP contribution in [-0.4, -0.2) is 20.7 Å². The molecule has 20 heavy (non-hydrogen) atoms. The van der Waals surface area contributed by atoms with Crippen molar-refractivity contribution in [1.29, 1.82) is 0 Å². The molecule has 108 valence electrons. The fourth-order valence-corrected chi connectivity index (χ4v) is 4.36. The van der Waals surface area contributed by atoms with E-state index in [0.29, 0.717) is 6.54 Å². The second-order valence-electron chi connectivity index (χ2n) is 4.44. The highest BCUT2D eigenvalue weighted by atomic mass is 35.5. The first-order valence-electron chi connectivity index (χ1n) is 6.25. The molecule has 1 aromatic carbocycles. The lowest BCUT2D eigenvalue weighted by molar-refractivity contribution is 0.575. The highest BCUT2D eigenvalue weighted by molar-refractivity contribution is 7.91. The number of thiophene rings is 1. The Morgan fingerprint density at radius 1 is 1.25 bits per heavy atom. The number of halogens is 1. The maximum Gasteiger partial charge on any atom is 0.181 e. The molecule has 1 N–H and O–H groups in total. The molecule has 0 spiro atoms. The van der Waals surface area contributed by atoms with Gasteiger partial charge in [-0.15, -0.1) is 11.3 Å². The molecule has 0 radical (unpaired) electrons. The number of benzene rings is 1. The van der Waals surface area contributed by atoms with Crippen molar-refractivity contribution in [3.63, 3.8) is 0 Å². The van der Waals surface area contributed by atoms with Gasteiger partial charge >= 0.3 is 0 Å². The van der Waals surface area contributed by atoms with Gasteiger partial charge in [0, 0.05) is 17.5 Å². The molecule has 0 fully saturated rings. The normalized spacial score (nSPS) is 13.3. The molecule has 0 amide bonds. The monoisotopic (exact) mass is 329 g/mol. The summed E-state index contributed by atoms with van der Waals surface area (Å²) in [4.78, 5) is 1.40. The molecule has 0 bridgehead atoms. The van der Waals surface area contributed by atoms with Gasteiger partial charge in [0.2, 0.25) is 0 Å². The van der Waals surface area contributed by atoms with Gasteiger partial charge in [0.05, 0.1) is 15.7 Å². The fourth-order valence-electron chi connectivity index (χ4n) is 1.85. The summed E-state index contributed by atoms with van der Waals surface area (Å²) in [6, 6.07) is 10.7. The van der Waals surface area contributed by atoms with Crippen molar-refractivity contribution in [2.45, 2.75) is 17.9 Å². The van der Waals surface area contributed by atoms with Crippen LogP contribution in [-0.2, 0) is 9.84 Å². The van der Waals surface area contributed by atoms with Crippen LogP contribution in [0.2, 0.25) is 5.02 Å². The summed E-state index contributed by atoms with van der Waals surface area (Å²) in [6.45, 7) is 2.42. The quantitative estimate of drug-likeness (QED) is 0.882. The Morgan fingerprint density at radius 3 is 2.65 bits per heavy atom. The van der Waals surface area contributed by atoms with Crippen LogP contribution >= 0.6 is 22.9 Å². The summed E-state index contributed by atoms with van der Waals surface area (Å²) >= 11 is 7.59. The molecule has 2 aromatic rings. The van der Waals surface area contributed by atoms with E-state index < -0.39 is 9.84 Å². The summed E-state index contributed by atoms with van der Waals surface area (Å²) in [6.07, 6.45) is 0. The van der Waals surface area contributed by atoms with Crippen molar-refractivity contribution >= 4 is 32.8 Å². The number of sulfone groups is 1. The van der Waals surface area contributed by atoms with Crippen molar-refractivity contribution < 1.29 is 8.42 Å². The molecule has 1 unspecified atom stereocenters. The first kappa shape index (κ1) is 15.5. The number of hydrogen-bond donors (Lipinski definition) is 1. The highest BCUT2D eigenvalue weighted by Gasteiger charge is 2.17. The van der Waals surface area contributed by atoms with Crippen LogP contribution in [0, 0.1) is 0 Å². The molecule has 6 heteroatoms. The van der Waals surface area contributed by atoms with Crippen LogP contribution in [0.15, 0.2) is 46.7 Å². The van der Waals surface area contributed by atoms with E-state index in [9.17, 15) is 8.42 Å². The average Bonchev–Trinajstić information content (AvgIpc) is 2.92. The van der Waals surface area contributed by atoms with Crippen LogP contribution in [0.25, 0.3) is 0 Å². The molecule has 0 saturated carbocycles. The molecule has 0 aliphatic heterocycles. The van der Waals surface area contributed by atoms with E-state index in [2.05, 4.69) is 5.32 Å². The molecular formula is C14H16ClNO2S2. The van der Waals surface area contributed by atoms with Crippen LogP contribution in [0.3, 0.4) is 0 Å². The Morgan fingerprint density at radius 2 is 2.00 bits per heavy atom. The number of hydrogen-bond acceptors (Lipinski definition) is 4. The lowest BCUT2D eigenvalue weighted by atomic mass is 10.3. The van der Waals surface area contributed by atoms with Gasteiger partial charge in [-0.2, -0.15) is 0 Å². The zero-order chi connectivity index (χ0) is 14.6. The second-order valence-corrected chi connectivity index (χ2v) is 7.90. The van der Waals surface area contributed by atoms with E-state index in [1.165, 1.54) is 4.88 Å². The van der Waals surface area contributed by atoms with E-state index in [1.54, 1.807) is 35.6 Å². The average molecular weight is 330 g/mol. The van der Waals surface area contributed by atoms with Gasteiger partial charge in [-0.25, -0.2) is 8.42 Å². The van der Waals surface area contributed by atoms with E-state index in [0.717, 1.165) is 0 Å². The van der Waals surface area contributed by atoms with Gasteiger partial charge in [0.15, 0.2) is 9.84 Å². The number of nitrogens with one attached hydrogen (secondary N) is 1. The van der Waals surface area contributed by atoms with Crippen LogP contribution in [0.5, 0.6) is 0 Å². The largest absolute Gasteiger partial charge is 0.308 e. The van der Waals surface area contributed by atoms with Gasteiger partial charge in [0.1, 0.15) is 0 Å². The Hall–Kier alpha value is -0.880. The zero-order valence-electron chi connectivity index (χ0n) is 11.0. The van der Waals surface area contributed by atoms with E-state index in [4.69, 9.17) is 11.6 Å². The third kappa shape index (κ3) is 3.82. The van der Waals surface area contributed by atoms with Crippen molar-refractivity contribution in [2.24, 2.45) is 0 Å². The summed E-state index contributed by atoms with van der Waals surface area (Å²) in [7, 11) is -3.35. The maximum absolute atomic E-state index is 12.2. The van der Waals surface area contributed by atoms with E-state index in [-0.39, 0.29) is 21.7 Å². The fraction of sp³-hybridized carbons (Fsp3) is 0.286. The predicted octanol–water partition coefficient (Wildman–Crippen LogP) is 3.53. The van der Waals surface area contributed by atoms with Gasteiger partial charge in [-0.1, -0.05) is 29.8 Å². The van der Waals surface area contributed by atoms with Crippen LogP contribution in [0.4, 0.5) is 0 Å². The summed E-state index contributed by atoms with van der Waals surface area (Å²) in [5.74, 6) is 0.0342. The number of rotatable bonds is 6. The minimum absolute atomic E-state index is 0.0342. The molecular weight excluding hydrogens is 314 g/mol. The van der Waals surface area contributed by atoms with Crippen molar-refractivity contribution in [2.75, 3.05) is 12.3 Å². The smallest absolute Gasteiger partial charge is 0.181 e. The van der Waals surface area contributed by atoms with Gasteiger partial charge in [0.25, 0.3) is 0 Å². The SMILES string of the molecule is CC(NCCS(=O)(=O)c1ccccc1Cl)c1cccs1. The topological polar surface area (TPSA) is 46.2 Å². The van der Waals surface area contributed by atoms with E-state index in [1.807, 2.05) is 24.4 Å². The Bertz CT molecular complexity index is 654. The van der Waals surface area contributed by atoms with Crippen molar-refractivity contribution in [3.05, 3.63) is 51.7 Å². The Balaban J connectivity index is 1.95. The summed E-state index contributed by atoms with van der Waals surface area (Å²) < 4.78 is 24.4. The zero-order valence-corrected chi connectivity index (χ0v) is 13.4. The first-order valence-corrected chi connectivity index (χ1v) is 9.16. The molecule has 1 atom stereocenters. The maximum atomic E-state index is 12.2. The van der Waals surface area contributed by atoms with Gasteiger partial charge < -0.3 is 5.32 Å². The third-order valence-corrected chi connectivity index (χ3v) is 6.23. The Kier molecular flexibility index (Phi) is 5.21. The van der Waals surface area contributed by atoms with Crippen LogP contribution in [0.1, 0.15) is 17.8 Å². The van der Waals surface area contributed by atoms with Crippen LogP contribution < -0.4 is 5.32 Å². The first-order chi connectivity index (χ1) is 9.50. The minimum atomic E-state index is -3.35. The molecule has 0 aliphatic carbocycles. The van der Waals surface area contributed by atoms with Gasteiger partial charge in [-0.3, -0.25) is 0 Å². The Labute approximate surface area is 128 Å². The summed E-state index contributed by atoms with van der Waals surface area (Å²) in [5.41, 5.74) is 0. The molecule has 0 saturated heterocycles. The minimum Gasteiger partial charge on any atom is -0.308 e. The molecule has 1 heterocycles. The highest BCUT2D eigenvalue weighted by Crippen LogP contribution is 2.22. The predicted molar refractivity (Wildman–Crippen MR) is 84.2 cm³/mol. The second kappa shape index (κ2) is 6.72.